The van der Waals surface area contributed by atoms with Gasteiger partial charge in [-0.05, 0) is 25.0 Å². The van der Waals surface area contributed by atoms with Crippen LogP contribution in [-0.4, -0.2) is 30.3 Å². The molecular formula is C17H21FN4O2. The van der Waals surface area contributed by atoms with Gasteiger partial charge in [-0.25, -0.2) is 4.39 Å². The van der Waals surface area contributed by atoms with Gasteiger partial charge in [0, 0.05) is 37.1 Å². The van der Waals surface area contributed by atoms with E-state index >= 15 is 0 Å². The summed E-state index contributed by atoms with van der Waals surface area (Å²) in [5, 5.41) is 0.642. The monoisotopic (exact) mass is 332 g/mol. The standard InChI is InChI=1S/C17H21FN4O2/c1-9-8-24-17-15-12(10(6-19)4-14(23)22(9)15)5-13(18)16(17)21-3-2-11(20)7-21/h4-5,9,11H,2-3,6-8,19-20H2,1H3/t9-,11-/m0/s1. The molecule has 0 aliphatic carbocycles. The Kier molecular flexibility index (Phi) is 3.51. The lowest BCUT2D eigenvalue weighted by Gasteiger charge is -2.31. The summed E-state index contributed by atoms with van der Waals surface area (Å²) in [5.74, 6) is 0.0747. The minimum atomic E-state index is -0.360. The highest BCUT2D eigenvalue weighted by Crippen LogP contribution is 2.43. The van der Waals surface area contributed by atoms with Gasteiger partial charge in [0.2, 0.25) is 0 Å². The number of benzene rings is 1. The van der Waals surface area contributed by atoms with Crippen molar-refractivity contribution in [1.82, 2.24) is 4.57 Å². The molecule has 0 spiro atoms. The van der Waals surface area contributed by atoms with E-state index in [-0.39, 0.29) is 30.0 Å². The van der Waals surface area contributed by atoms with Crippen molar-refractivity contribution in [2.24, 2.45) is 11.5 Å². The molecule has 0 radical (unpaired) electrons. The Morgan fingerprint density at radius 1 is 1.42 bits per heavy atom. The van der Waals surface area contributed by atoms with Crippen LogP contribution in [0.2, 0.25) is 0 Å². The molecule has 4 rings (SSSR count). The molecule has 128 valence electrons. The van der Waals surface area contributed by atoms with E-state index in [1.165, 1.54) is 12.1 Å². The van der Waals surface area contributed by atoms with E-state index in [0.29, 0.717) is 47.6 Å². The normalized spacial score (nSPS) is 22.9. The third-order valence-corrected chi connectivity index (χ3v) is 4.98. The molecule has 2 aromatic rings. The zero-order valence-electron chi connectivity index (χ0n) is 13.6. The van der Waals surface area contributed by atoms with E-state index in [9.17, 15) is 9.18 Å². The maximum absolute atomic E-state index is 14.9. The van der Waals surface area contributed by atoms with Gasteiger partial charge in [-0.15, -0.1) is 0 Å². The molecule has 1 aromatic heterocycles. The minimum Gasteiger partial charge on any atom is -0.487 e. The highest BCUT2D eigenvalue weighted by Gasteiger charge is 2.31. The molecule has 1 fully saturated rings. The van der Waals surface area contributed by atoms with Gasteiger partial charge >= 0.3 is 0 Å². The lowest BCUT2D eigenvalue weighted by Crippen LogP contribution is -2.33. The van der Waals surface area contributed by atoms with Crippen LogP contribution in [0.4, 0.5) is 10.1 Å². The Balaban J connectivity index is 2.07. The van der Waals surface area contributed by atoms with Crippen LogP contribution < -0.4 is 26.7 Å². The number of aromatic nitrogens is 1. The number of rotatable bonds is 2. The van der Waals surface area contributed by atoms with Gasteiger partial charge in [-0.1, -0.05) is 0 Å². The summed E-state index contributed by atoms with van der Waals surface area (Å²) in [6, 6.07) is 2.88. The summed E-state index contributed by atoms with van der Waals surface area (Å²) >= 11 is 0. The Bertz CT molecular complexity index is 879. The first-order chi connectivity index (χ1) is 11.5. The van der Waals surface area contributed by atoms with Crippen molar-refractivity contribution in [2.75, 3.05) is 24.6 Å². The molecule has 2 aliphatic heterocycles. The first-order valence-corrected chi connectivity index (χ1v) is 8.25. The number of pyridine rings is 1. The molecule has 24 heavy (non-hydrogen) atoms. The third-order valence-electron chi connectivity index (χ3n) is 4.98. The van der Waals surface area contributed by atoms with Gasteiger partial charge in [0.1, 0.15) is 12.3 Å². The Morgan fingerprint density at radius 3 is 2.88 bits per heavy atom. The molecule has 0 unspecified atom stereocenters. The lowest BCUT2D eigenvalue weighted by molar-refractivity contribution is 0.244. The van der Waals surface area contributed by atoms with Crippen LogP contribution in [0.1, 0.15) is 24.9 Å². The topological polar surface area (TPSA) is 86.5 Å². The maximum Gasteiger partial charge on any atom is 0.251 e. The van der Waals surface area contributed by atoms with Crippen molar-refractivity contribution in [3.8, 4) is 5.75 Å². The molecule has 0 amide bonds. The fourth-order valence-corrected chi connectivity index (χ4v) is 3.80. The fraction of sp³-hybridized carbons (Fsp3) is 0.471. The largest absolute Gasteiger partial charge is 0.487 e. The van der Waals surface area contributed by atoms with E-state index in [0.717, 1.165) is 6.42 Å². The van der Waals surface area contributed by atoms with Crippen LogP contribution in [0.3, 0.4) is 0 Å². The van der Waals surface area contributed by atoms with Crippen LogP contribution in [0, 0.1) is 5.82 Å². The van der Waals surface area contributed by atoms with E-state index in [1.54, 1.807) is 4.57 Å². The first-order valence-electron chi connectivity index (χ1n) is 8.25. The number of halogens is 1. The summed E-state index contributed by atoms with van der Waals surface area (Å²) in [6.07, 6.45) is 0.808. The molecule has 7 heteroatoms. The number of anilines is 1. The van der Waals surface area contributed by atoms with Gasteiger partial charge < -0.3 is 21.1 Å². The van der Waals surface area contributed by atoms with E-state index in [4.69, 9.17) is 16.2 Å². The van der Waals surface area contributed by atoms with Crippen LogP contribution in [-0.2, 0) is 6.54 Å². The molecular weight excluding hydrogens is 311 g/mol. The van der Waals surface area contributed by atoms with Gasteiger partial charge in [-0.2, -0.15) is 0 Å². The SMILES string of the molecule is C[C@H]1COc2c(N3CC[C@H](N)C3)c(F)cc3c(CN)cc(=O)n1c23. The zero-order chi connectivity index (χ0) is 17.0. The third kappa shape index (κ3) is 2.12. The summed E-state index contributed by atoms with van der Waals surface area (Å²) in [5.41, 5.74) is 13.3. The first kappa shape index (κ1) is 15.4. The number of hydrogen-bond acceptors (Lipinski definition) is 5. The molecule has 2 aliphatic rings. The van der Waals surface area contributed by atoms with Gasteiger partial charge in [0.25, 0.3) is 5.56 Å². The summed E-state index contributed by atoms with van der Waals surface area (Å²) in [6.45, 7) is 3.68. The molecule has 2 atom stereocenters. The second-order valence-electron chi connectivity index (χ2n) is 6.67. The average Bonchev–Trinajstić information content (AvgIpc) is 2.97. The second kappa shape index (κ2) is 5.46. The molecule has 3 heterocycles. The Hall–Kier alpha value is -2.12. The van der Waals surface area contributed by atoms with Crippen molar-refractivity contribution < 1.29 is 9.13 Å². The average molecular weight is 332 g/mol. The van der Waals surface area contributed by atoms with Gasteiger partial charge in [0.15, 0.2) is 11.6 Å². The number of ether oxygens (including phenoxy) is 1. The Labute approximate surface area is 138 Å². The summed E-state index contributed by atoms with van der Waals surface area (Å²) in [7, 11) is 0. The number of nitrogens with zero attached hydrogens (tertiary/aromatic N) is 2. The van der Waals surface area contributed by atoms with E-state index in [1.807, 2.05) is 11.8 Å². The molecule has 0 saturated carbocycles. The summed E-state index contributed by atoms with van der Waals surface area (Å²) in [4.78, 5) is 14.4. The minimum absolute atomic E-state index is 0.0207. The number of nitrogens with two attached hydrogens (primary N) is 2. The molecule has 1 aromatic carbocycles. The number of hydrogen-bond donors (Lipinski definition) is 2. The molecule has 4 N–H and O–H groups in total. The summed E-state index contributed by atoms with van der Waals surface area (Å²) < 4.78 is 22.5. The van der Waals surface area contributed by atoms with Crippen molar-refractivity contribution in [3.63, 3.8) is 0 Å². The lowest BCUT2D eigenvalue weighted by atomic mass is 10.0. The van der Waals surface area contributed by atoms with Crippen molar-refractivity contribution >= 4 is 16.6 Å². The predicted molar refractivity (Wildman–Crippen MR) is 91.1 cm³/mol. The molecule has 1 saturated heterocycles. The predicted octanol–water partition coefficient (Wildman–Crippen LogP) is 1.09. The van der Waals surface area contributed by atoms with Crippen LogP contribution in [0.25, 0.3) is 10.9 Å². The highest BCUT2D eigenvalue weighted by molar-refractivity contribution is 5.94. The van der Waals surface area contributed by atoms with Crippen LogP contribution >= 0.6 is 0 Å². The highest BCUT2D eigenvalue weighted by atomic mass is 19.1. The quantitative estimate of drug-likeness (QED) is 0.860. The zero-order valence-corrected chi connectivity index (χ0v) is 13.6. The molecule has 6 nitrogen and oxygen atoms in total. The second-order valence-corrected chi connectivity index (χ2v) is 6.67. The molecule has 0 bridgehead atoms. The van der Waals surface area contributed by atoms with Crippen molar-refractivity contribution in [1.29, 1.82) is 0 Å². The fourth-order valence-electron chi connectivity index (χ4n) is 3.80. The van der Waals surface area contributed by atoms with E-state index < -0.39 is 0 Å². The van der Waals surface area contributed by atoms with Gasteiger partial charge in [-0.3, -0.25) is 9.36 Å². The maximum atomic E-state index is 14.9. The Morgan fingerprint density at radius 2 is 2.21 bits per heavy atom. The van der Waals surface area contributed by atoms with Gasteiger partial charge in [0.05, 0.1) is 11.6 Å². The van der Waals surface area contributed by atoms with Crippen LogP contribution in [0.15, 0.2) is 16.9 Å². The van der Waals surface area contributed by atoms with Crippen LogP contribution in [0.5, 0.6) is 5.75 Å². The van der Waals surface area contributed by atoms with Crippen molar-refractivity contribution in [3.05, 3.63) is 33.9 Å². The smallest absolute Gasteiger partial charge is 0.251 e. The van der Waals surface area contributed by atoms with Crippen molar-refractivity contribution in [2.45, 2.75) is 32.0 Å². The van der Waals surface area contributed by atoms with E-state index in [2.05, 4.69) is 0 Å².